The van der Waals surface area contributed by atoms with Crippen LogP contribution < -0.4 is 24.6 Å². The third kappa shape index (κ3) is 6.74. The fourth-order valence-corrected chi connectivity index (χ4v) is 5.48. The van der Waals surface area contributed by atoms with Crippen LogP contribution in [0.15, 0.2) is 66.2 Å². The van der Waals surface area contributed by atoms with Crippen LogP contribution in [0.4, 0.5) is 20.4 Å². The molecule has 0 fully saturated rings. The van der Waals surface area contributed by atoms with Crippen molar-refractivity contribution in [3.05, 3.63) is 84.2 Å². The third-order valence-corrected chi connectivity index (χ3v) is 8.13. The highest BCUT2D eigenvalue weighted by atomic mass is 32.2. The van der Waals surface area contributed by atoms with E-state index < -0.39 is 32.5 Å². The number of pyridine rings is 1. The van der Waals surface area contributed by atoms with Gasteiger partial charge in [0.05, 0.1) is 19.2 Å². The Bertz CT molecular complexity index is 2030. The number of halogens is 2. The Labute approximate surface area is 261 Å². The Hall–Kier alpha value is -5.55. The van der Waals surface area contributed by atoms with Crippen molar-refractivity contribution in [2.75, 3.05) is 36.9 Å². The minimum absolute atomic E-state index is 0.0816. The molecule has 17 heteroatoms. The fraction of sp³-hybridized carbons (Fsp3) is 0.172. The van der Waals surface area contributed by atoms with Crippen LogP contribution >= 0.6 is 0 Å². The van der Waals surface area contributed by atoms with E-state index in [1.807, 2.05) is 0 Å². The van der Waals surface area contributed by atoms with Gasteiger partial charge in [-0.2, -0.15) is 0 Å². The average molecular weight is 653 g/mol. The van der Waals surface area contributed by atoms with Gasteiger partial charge >= 0.3 is 0 Å². The molecule has 0 saturated heterocycles. The lowest BCUT2D eigenvalue weighted by molar-refractivity contribution is 0.0705. The van der Waals surface area contributed by atoms with Crippen LogP contribution in [0.2, 0.25) is 0 Å². The highest BCUT2D eigenvalue weighted by molar-refractivity contribution is 7.92. The monoisotopic (exact) mass is 652 g/mol. The summed E-state index contributed by atoms with van der Waals surface area (Å²) >= 11 is 0. The lowest BCUT2D eigenvalue weighted by atomic mass is 10.0. The minimum atomic E-state index is -4.50. The molecule has 238 valence electrons. The summed E-state index contributed by atoms with van der Waals surface area (Å²) in [7, 11) is -1.47. The summed E-state index contributed by atoms with van der Waals surface area (Å²) in [6.45, 7) is 2.29. The zero-order valence-corrected chi connectivity index (χ0v) is 25.3. The summed E-state index contributed by atoms with van der Waals surface area (Å²) in [5.74, 6) is -2.29. The van der Waals surface area contributed by atoms with Gasteiger partial charge in [-0.15, -0.1) is 0 Å². The Morgan fingerprint density at radius 3 is 2.46 bits per heavy atom. The van der Waals surface area contributed by atoms with E-state index in [4.69, 9.17) is 14.7 Å². The second kappa shape index (κ2) is 13.2. The van der Waals surface area contributed by atoms with Crippen LogP contribution in [0, 0.1) is 18.6 Å². The second-order valence-electron chi connectivity index (χ2n) is 9.77. The maximum atomic E-state index is 14.3. The number of sulfonamides is 1. The second-order valence-corrected chi connectivity index (χ2v) is 11.4. The molecule has 5 rings (SSSR count). The number of carbonyl (C=O) groups is 1. The molecule has 2 aromatic carbocycles. The summed E-state index contributed by atoms with van der Waals surface area (Å²) in [6, 6.07) is 7.09. The van der Waals surface area contributed by atoms with Gasteiger partial charge in [-0.05, 0) is 42.8 Å². The molecule has 14 nitrogen and oxygen atoms in total. The number of fused-ring (bicyclic) bond motifs is 1. The fourth-order valence-electron chi connectivity index (χ4n) is 4.37. The molecule has 5 aromatic rings. The number of anilines is 2. The molecule has 1 amide bonds. The molecule has 3 aromatic heterocycles. The first kappa shape index (κ1) is 31.9. The van der Waals surface area contributed by atoms with Crippen molar-refractivity contribution in [3.63, 3.8) is 0 Å². The van der Waals surface area contributed by atoms with Gasteiger partial charge in [0.1, 0.15) is 46.4 Å². The number of hydroxylamine groups is 1. The maximum absolute atomic E-state index is 14.3. The molecule has 0 bridgehead atoms. The van der Waals surface area contributed by atoms with Gasteiger partial charge in [0, 0.05) is 48.3 Å². The highest BCUT2D eigenvalue weighted by Gasteiger charge is 2.23. The maximum Gasteiger partial charge on any atom is 0.277 e. The van der Waals surface area contributed by atoms with E-state index in [1.165, 1.54) is 43.6 Å². The number of benzene rings is 2. The van der Waals surface area contributed by atoms with Crippen molar-refractivity contribution in [2.24, 2.45) is 0 Å². The van der Waals surface area contributed by atoms with Gasteiger partial charge in [-0.1, -0.05) is 0 Å². The highest BCUT2D eigenvalue weighted by Crippen LogP contribution is 2.35. The van der Waals surface area contributed by atoms with E-state index in [9.17, 15) is 22.0 Å². The van der Waals surface area contributed by atoms with Gasteiger partial charge in [0.25, 0.3) is 15.9 Å². The van der Waals surface area contributed by atoms with E-state index in [0.717, 1.165) is 12.1 Å². The van der Waals surface area contributed by atoms with Crippen molar-refractivity contribution >= 4 is 38.5 Å². The van der Waals surface area contributed by atoms with Crippen LogP contribution in [0.1, 0.15) is 16.1 Å². The predicted molar refractivity (Wildman–Crippen MR) is 161 cm³/mol. The van der Waals surface area contributed by atoms with Gasteiger partial charge in [0.15, 0.2) is 0 Å². The number of methoxy groups -OCH3 is 1. The van der Waals surface area contributed by atoms with Crippen LogP contribution in [-0.4, -0.2) is 71.8 Å². The van der Waals surface area contributed by atoms with Gasteiger partial charge < -0.3 is 14.4 Å². The molecule has 3 heterocycles. The van der Waals surface area contributed by atoms with Crippen molar-refractivity contribution in [1.82, 2.24) is 30.4 Å². The average Bonchev–Trinajstić information content (AvgIpc) is 3.04. The smallest absolute Gasteiger partial charge is 0.277 e. The first-order valence-electron chi connectivity index (χ1n) is 13.4. The molecule has 3 N–H and O–H groups in total. The lowest BCUT2D eigenvalue weighted by Crippen LogP contribution is -2.26. The van der Waals surface area contributed by atoms with E-state index in [-0.39, 0.29) is 23.7 Å². The van der Waals surface area contributed by atoms with E-state index in [2.05, 4.69) is 29.6 Å². The molecule has 0 unspecified atom stereocenters. The molecular formula is C29H26F2N8O6S. The first-order valence-corrected chi connectivity index (χ1v) is 14.9. The van der Waals surface area contributed by atoms with E-state index >= 15 is 0 Å². The summed E-state index contributed by atoms with van der Waals surface area (Å²) < 4.78 is 67.4. The van der Waals surface area contributed by atoms with Crippen LogP contribution in [0.5, 0.6) is 11.6 Å². The standard InChI is InChI=1S/C29H26F2N8O6S/c1-16-21-8-17(18-9-23(28(44-3)32-12-18)38-46(42,43)25-5-4-20(30)11-22(25)31)10-24(26(21)36-15-35-16)45-7-6-39(2)29-33-13-19(14-34-29)27(40)37-41/h4-5,8-15,38,41H,6-7H2,1-3H3,(H,37,40). The number of likely N-dealkylation sites (N-methyl/N-ethyl adjacent to an activating group) is 1. The van der Waals surface area contributed by atoms with E-state index in [0.29, 0.717) is 52.0 Å². The first-order chi connectivity index (χ1) is 22.0. The number of aryl methyl sites for hydroxylation is 1. The van der Waals surface area contributed by atoms with Crippen LogP contribution in [-0.2, 0) is 10.0 Å². The topological polar surface area (TPSA) is 182 Å². The number of ether oxygens (including phenoxy) is 2. The number of hydrogen-bond acceptors (Lipinski definition) is 12. The molecule has 0 aliphatic rings. The molecule has 0 radical (unpaired) electrons. The minimum Gasteiger partial charge on any atom is -0.489 e. The van der Waals surface area contributed by atoms with E-state index in [1.54, 1.807) is 31.0 Å². The Morgan fingerprint density at radius 1 is 1.00 bits per heavy atom. The molecule has 0 spiro atoms. The van der Waals surface area contributed by atoms with Crippen LogP contribution in [0.3, 0.4) is 0 Å². The van der Waals surface area contributed by atoms with Crippen molar-refractivity contribution in [1.29, 1.82) is 0 Å². The normalized spacial score (nSPS) is 11.3. The number of carbonyl (C=O) groups excluding carboxylic acids is 1. The zero-order valence-electron chi connectivity index (χ0n) is 24.5. The summed E-state index contributed by atoms with van der Waals surface area (Å²) in [4.78, 5) is 33.6. The number of hydrogen-bond donors (Lipinski definition) is 3. The quantitative estimate of drug-likeness (QED) is 0.140. The largest absolute Gasteiger partial charge is 0.489 e. The molecule has 0 aliphatic heterocycles. The summed E-state index contributed by atoms with van der Waals surface area (Å²) in [5, 5.41) is 9.43. The predicted octanol–water partition coefficient (Wildman–Crippen LogP) is 3.51. The summed E-state index contributed by atoms with van der Waals surface area (Å²) in [5.41, 5.74) is 3.72. The molecule has 46 heavy (non-hydrogen) atoms. The molecule has 0 saturated carbocycles. The van der Waals surface area contributed by atoms with Gasteiger partial charge in [0.2, 0.25) is 11.8 Å². The van der Waals surface area contributed by atoms with Crippen molar-refractivity contribution in [3.8, 4) is 22.8 Å². The van der Waals surface area contributed by atoms with Crippen LogP contribution in [0.25, 0.3) is 22.0 Å². The van der Waals surface area contributed by atoms with Crippen molar-refractivity contribution in [2.45, 2.75) is 11.8 Å². The number of nitrogens with zero attached hydrogens (tertiary/aromatic N) is 6. The Kier molecular flexibility index (Phi) is 9.15. The lowest BCUT2D eigenvalue weighted by Gasteiger charge is -2.18. The number of amides is 1. The third-order valence-electron chi connectivity index (χ3n) is 6.74. The number of aromatic nitrogens is 5. The van der Waals surface area contributed by atoms with Gasteiger partial charge in [-0.25, -0.2) is 47.6 Å². The Morgan fingerprint density at radius 2 is 1.76 bits per heavy atom. The van der Waals surface area contributed by atoms with Gasteiger partial charge in [-0.3, -0.25) is 14.7 Å². The van der Waals surface area contributed by atoms with Crippen molar-refractivity contribution < 1.29 is 36.7 Å². The zero-order chi connectivity index (χ0) is 33.0. The molecule has 0 aliphatic carbocycles. The Balaban J connectivity index is 1.43. The molecular weight excluding hydrogens is 626 g/mol. The number of rotatable bonds is 11. The SMILES string of the molecule is COc1ncc(-c2cc(OCCN(C)c3ncc(C(=O)NO)cn3)c3ncnc(C)c3c2)cc1NS(=O)(=O)c1ccc(F)cc1F. The molecule has 0 atom stereocenters. The number of nitrogens with one attached hydrogen (secondary N) is 2. The summed E-state index contributed by atoms with van der Waals surface area (Å²) in [6.07, 6.45) is 5.42.